The van der Waals surface area contributed by atoms with Gasteiger partial charge in [0.25, 0.3) is 0 Å². The number of nitrogens with two attached hydrogens (primary N) is 1. The number of fused-ring (bicyclic) bond motifs is 1. The first-order chi connectivity index (χ1) is 24.1. The van der Waals surface area contributed by atoms with E-state index in [9.17, 15) is 31.5 Å². The average molecular weight is 766 g/mol. The minimum atomic E-state index is -4.00. The summed E-state index contributed by atoms with van der Waals surface area (Å²) in [7, 11) is -7.96. The van der Waals surface area contributed by atoms with Gasteiger partial charge in [-0.3, -0.25) is 9.55 Å². The minimum absolute atomic E-state index is 0.0617. The summed E-state index contributed by atoms with van der Waals surface area (Å²) in [6.07, 6.45) is 1.34. The molecular formula is C34H47N5O11S2. The molecule has 2 aliphatic heterocycles. The van der Waals surface area contributed by atoms with Gasteiger partial charge in [0.2, 0.25) is 20.0 Å². The van der Waals surface area contributed by atoms with Gasteiger partial charge in [-0.15, -0.1) is 0 Å². The highest BCUT2D eigenvalue weighted by Crippen LogP contribution is 2.39. The van der Waals surface area contributed by atoms with Crippen LogP contribution in [0.5, 0.6) is 5.75 Å². The second kappa shape index (κ2) is 14.5. The number of carbonyl (C=O) groups excluding carboxylic acids is 2. The summed E-state index contributed by atoms with van der Waals surface area (Å²) in [6, 6.07) is 8.07. The van der Waals surface area contributed by atoms with E-state index >= 15 is 0 Å². The number of primary sulfonamides is 1. The van der Waals surface area contributed by atoms with Crippen molar-refractivity contribution in [1.29, 1.82) is 0 Å². The predicted molar refractivity (Wildman–Crippen MR) is 189 cm³/mol. The Hall–Kier alpha value is -3.81. The van der Waals surface area contributed by atoms with Crippen LogP contribution in [0.4, 0.5) is 9.59 Å². The van der Waals surface area contributed by atoms with Gasteiger partial charge in [0.15, 0.2) is 0 Å². The van der Waals surface area contributed by atoms with Gasteiger partial charge in [-0.1, -0.05) is 6.07 Å². The zero-order valence-corrected chi connectivity index (χ0v) is 31.8. The van der Waals surface area contributed by atoms with Crippen LogP contribution >= 0.6 is 0 Å². The normalized spacial score (nSPS) is 19.0. The Balaban J connectivity index is 1.25. The Labute approximate surface area is 303 Å². The zero-order chi connectivity index (χ0) is 38.3. The lowest BCUT2D eigenvalue weighted by Crippen LogP contribution is -2.50. The van der Waals surface area contributed by atoms with Crippen molar-refractivity contribution in [3.8, 4) is 5.75 Å². The van der Waals surface area contributed by atoms with Crippen LogP contribution in [0, 0.1) is 0 Å². The van der Waals surface area contributed by atoms with Gasteiger partial charge >= 0.3 is 12.2 Å². The maximum absolute atomic E-state index is 13.8. The van der Waals surface area contributed by atoms with Crippen LogP contribution in [0.25, 0.3) is 11.0 Å². The molecule has 5 rings (SSSR count). The smallest absolute Gasteiger partial charge is 0.419 e. The summed E-state index contributed by atoms with van der Waals surface area (Å²) in [4.78, 5) is 31.7. The average Bonchev–Trinajstić information content (AvgIpc) is 3.65. The van der Waals surface area contributed by atoms with Crippen molar-refractivity contribution in [2.24, 2.45) is 5.14 Å². The van der Waals surface area contributed by atoms with Crippen LogP contribution in [-0.2, 0) is 34.3 Å². The van der Waals surface area contributed by atoms with Crippen molar-refractivity contribution < 1.29 is 50.5 Å². The molecule has 2 saturated heterocycles. The maximum Gasteiger partial charge on any atom is 0.419 e. The van der Waals surface area contributed by atoms with E-state index in [2.05, 4.69) is 4.98 Å². The fourth-order valence-corrected chi connectivity index (χ4v) is 8.12. The number of ether oxygens (including phenoxy) is 4. The van der Waals surface area contributed by atoms with E-state index in [1.165, 1.54) is 56.5 Å². The number of carbonyl (C=O) groups is 2. The molecule has 1 unspecified atom stereocenters. The third kappa shape index (κ3) is 9.40. The summed E-state index contributed by atoms with van der Waals surface area (Å²) in [5.41, 5.74) is -1.55. The number of hydrogen-bond donors (Lipinski definition) is 2. The van der Waals surface area contributed by atoms with Gasteiger partial charge < -0.3 is 29.0 Å². The van der Waals surface area contributed by atoms with Crippen molar-refractivity contribution in [3.63, 3.8) is 0 Å². The van der Waals surface area contributed by atoms with E-state index in [1.54, 1.807) is 47.6 Å². The monoisotopic (exact) mass is 765 g/mol. The SMILES string of the molecule is CC(C)(C)OC(=O)N(CC(O)COc1cccc(S(N)(=O)=O)c1)[C@H]1COC2(CCN(S(=O)(=O)c3cnc4ccn(C(=O)OC(C)(C)C)c4c3)CC2)C1. The van der Waals surface area contributed by atoms with Crippen molar-refractivity contribution in [3.05, 3.63) is 48.8 Å². The number of rotatable bonds is 9. The van der Waals surface area contributed by atoms with Gasteiger partial charge in [-0.05, 0) is 85.1 Å². The van der Waals surface area contributed by atoms with E-state index < -0.39 is 61.2 Å². The van der Waals surface area contributed by atoms with Crippen molar-refractivity contribution in [2.45, 2.75) is 99.5 Å². The molecule has 2 fully saturated rings. The summed E-state index contributed by atoms with van der Waals surface area (Å²) in [5.74, 6) is 0.173. The lowest BCUT2D eigenvalue weighted by atomic mass is 9.88. The summed E-state index contributed by atoms with van der Waals surface area (Å²) >= 11 is 0. The molecular weight excluding hydrogens is 719 g/mol. The van der Waals surface area contributed by atoms with Gasteiger partial charge in [0, 0.05) is 31.5 Å². The number of aromatic nitrogens is 2. The fraction of sp³-hybridized carbons (Fsp3) is 0.559. The third-order valence-corrected chi connectivity index (χ3v) is 11.4. The molecule has 1 amide bonds. The molecule has 2 aliphatic rings. The molecule has 1 aromatic carbocycles. The van der Waals surface area contributed by atoms with E-state index in [0.717, 1.165) is 0 Å². The molecule has 0 saturated carbocycles. The van der Waals surface area contributed by atoms with E-state index in [-0.39, 0.29) is 48.4 Å². The van der Waals surface area contributed by atoms with Crippen LogP contribution in [0.2, 0.25) is 0 Å². The first-order valence-corrected chi connectivity index (χ1v) is 19.8. The number of aliphatic hydroxyl groups excluding tert-OH is 1. The second-order valence-electron chi connectivity index (χ2n) is 15.1. The standard InChI is InChI=1S/C34H47N5O11S2/c1-32(2,3)49-30(41)38-13-10-28-29(38)17-27(19-36-28)52(45,46)37-14-11-34(12-15-37)18-23(21-48-34)39(31(42)50-33(4,5)6)20-24(40)22-47-25-8-7-9-26(16-25)51(35,43)44/h7-10,13,16-17,19,23-24,40H,11-12,14-15,18,20-22H2,1-6H3,(H2,35,43,44)/t23-,24?/m1/s1. The number of aliphatic hydroxyl groups is 1. The quantitative estimate of drug-likeness (QED) is 0.321. The molecule has 52 heavy (non-hydrogen) atoms. The Morgan fingerprint density at radius 2 is 1.71 bits per heavy atom. The molecule has 2 aromatic heterocycles. The zero-order valence-electron chi connectivity index (χ0n) is 30.1. The summed E-state index contributed by atoms with van der Waals surface area (Å²) < 4.78 is 76.6. The Morgan fingerprint density at radius 3 is 2.35 bits per heavy atom. The van der Waals surface area contributed by atoms with E-state index in [4.69, 9.17) is 24.1 Å². The lowest BCUT2D eigenvalue weighted by molar-refractivity contribution is -0.0329. The highest BCUT2D eigenvalue weighted by Gasteiger charge is 2.48. The molecule has 286 valence electrons. The minimum Gasteiger partial charge on any atom is -0.491 e. The first kappa shape index (κ1) is 39.4. The first-order valence-electron chi connectivity index (χ1n) is 16.8. The number of nitrogens with zero attached hydrogens (tertiary/aromatic N) is 4. The van der Waals surface area contributed by atoms with E-state index in [1.807, 2.05) is 0 Å². The molecule has 0 aliphatic carbocycles. The van der Waals surface area contributed by atoms with Gasteiger partial charge in [-0.2, -0.15) is 4.31 Å². The number of pyridine rings is 1. The van der Waals surface area contributed by atoms with Crippen LogP contribution in [0.15, 0.2) is 58.6 Å². The third-order valence-electron chi connectivity index (χ3n) is 8.62. The molecule has 4 heterocycles. The molecule has 16 nitrogen and oxygen atoms in total. The molecule has 0 bridgehead atoms. The summed E-state index contributed by atoms with van der Waals surface area (Å²) in [6.45, 7) is 10.4. The van der Waals surface area contributed by atoms with Gasteiger partial charge in [0.1, 0.15) is 34.6 Å². The van der Waals surface area contributed by atoms with E-state index in [0.29, 0.717) is 30.3 Å². The van der Waals surface area contributed by atoms with Gasteiger partial charge in [0.05, 0.1) is 40.7 Å². The fourth-order valence-electron chi connectivity index (χ4n) is 6.16. The van der Waals surface area contributed by atoms with Crippen LogP contribution in [0.3, 0.4) is 0 Å². The molecule has 3 N–H and O–H groups in total. The highest BCUT2D eigenvalue weighted by molar-refractivity contribution is 7.89. The lowest BCUT2D eigenvalue weighted by Gasteiger charge is -2.38. The maximum atomic E-state index is 13.8. The molecule has 0 radical (unpaired) electrons. The van der Waals surface area contributed by atoms with Crippen LogP contribution < -0.4 is 9.88 Å². The molecule has 2 atom stereocenters. The predicted octanol–water partition coefficient (Wildman–Crippen LogP) is 3.46. The Morgan fingerprint density at radius 1 is 1.04 bits per heavy atom. The van der Waals surface area contributed by atoms with Gasteiger partial charge in [-0.25, -0.2) is 31.6 Å². The summed E-state index contributed by atoms with van der Waals surface area (Å²) in [5, 5.41) is 16.1. The number of benzene rings is 1. The molecule has 1 spiro atoms. The Bertz CT molecular complexity index is 2010. The number of amides is 1. The van der Waals surface area contributed by atoms with Crippen LogP contribution in [-0.4, -0.2) is 115 Å². The molecule has 3 aromatic rings. The highest BCUT2D eigenvalue weighted by atomic mass is 32.2. The van der Waals surface area contributed by atoms with Crippen molar-refractivity contribution in [1.82, 2.24) is 18.8 Å². The topological polar surface area (TPSA) is 210 Å². The second-order valence-corrected chi connectivity index (χ2v) is 18.6. The largest absolute Gasteiger partial charge is 0.491 e. The van der Waals surface area contributed by atoms with Crippen molar-refractivity contribution >= 4 is 43.3 Å². The number of sulfonamides is 2. The number of piperidine rings is 1. The van der Waals surface area contributed by atoms with Crippen molar-refractivity contribution in [2.75, 3.05) is 32.8 Å². The number of hydrogen-bond acceptors (Lipinski definition) is 12. The Kier molecular flexibility index (Phi) is 11.0. The van der Waals surface area contributed by atoms with Crippen LogP contribution in [0.1, 0.15) is 60.8 Å². The molecule has 18 heteroatoms.